The van der Waals surface area contributed by atoms with Crippen molar-refractivity contribution in [2.24, 2.45) is 0 Å². The van der Waals surface area contributed by atoms with Crippen LogP contribution in [0.1, 0.15) is 47.2 Å². The first kappa shape index (κ1) is 46.1. The Morgan fingerprint density at radius 2 is 1.07 bits per heavy atom. The van der Waals surface area contributed by atoms with Crippen LogP contribution >= 0.6 is 23.2 Å². The molecule has 0 amide bonds. The molecule has 0 bridgehead atoms. The predicted molar refractivity (Wildman–Crippen MR) is 219 cm³/mol. The van der Waals surface area contributed by atoms with Crippen LogP contribution in [0.5, 0.6) is 11.5 Å². The molecule has 4 aromatic carbocycles. The summed E-state index contributed by atoms with van der Waals surface area (Å²) in [6.45, 7) is 1.99. The minimum atomic E-state index is -2.49. The second-order valence-electron chi connectivity index (χ2n) is 14.9. The van der Waals surface area contributed by atoms with Gasteiger partial charge in [0, 0.05) is 28.3 Å². The lowest BCUT2D eigenvalue weighted by Gasteiger charge is -2.54. The highest BCUT2D eigenvalue weighted by Crippen LogP contribution is 2.47. The molecule has 4 aromatic rings. The molecule has 2 fully saturated rings. The molecule has 9 atom stereocenters. The van der Waals surface area contributed by atoms with E-state index in [1.165, 1.54) is 19.2 Å². The Kier molecular flexibility index (Phi) is 14.8. The third kappa shape index (κ3) is 8.91. The molecule has 8 N–H and O–H groups in total. The van der Waals surface area contributed by atoms with E-state index in [0.29, 0.717) is 52.3 Å². The predicted octanol–water partition coefficient (Wildman–Crippen LogP) is 2.96. The lowest BCUT2D eigenvalue weighted by molar-refractivity contribution is -0.421. The molecule has 2 aliphatic rings. The molecule has 60 heavy (non-hydrogen) atoms. The molecule has 0 spiro atoms. The van der Waals surface area contributed by atoms with E-state index in [1.807, 2.05) is 50.2 Å². The van der Waals surface area contributed by atoms with Crippen molar-refractivity contribution in [2.75, 3.05) is 40.1 Å². The minimum absolute atomic E-state index is 0.0399. The molecule has 16 heteroatoms. The van der Waals surface area contributed by atoms with Crippen molar-refractivity contribution in [3.05, 3.63) is 128 Å². The van der Waals surface area contributed by atoms with Gasteiger partial charge in [-0.05, 0) is 97.5 Å². The summed E-state index contributed by atoms with van der Waals surface area (Å²) in [5.41, 5.74) is 0.860. The third-order valence-corrected chi connectivity index (χ3v) is 11.9. The fourth-order valence-corrected chi connectivity index (χ4v) is 8.12. The van der Waals surface area contributed by atoms with Gasteiger partial charge in [0.15, 0.2) is 0 Å². The summed E-state index contributed by atoms with van der Waals surface area (Å²) in [5.74, 6) is -3.24. The van der Waals surface area contributed by atoms with Crippen molar-refractivity contribution in [3.8, 4) is 11.5 Å². The van der Waals surface area contributed by atoms with Gasteiger partial charge < -0.3 is 69.3 Å². The maximum Gasteiger partial charge on any atom is 0.225 e. The molecule has 14 nitrogen and oxygen atoms in total. The second-order valence-corrected chi connectivity index (χ2v) is 15.7. The highest BCUT2D eigenvalue weighted by atomic mass is 35.5. The molecule has 0 radical (unpaired) electrons. The number of benzene rings is 4. The van der Waals surface area contributed by atoms with Gasteiger partial charge in [0.1, 0.15) is 59.8 Å². The average Bonchev–Trinajstić information content (AvgIpc) is 3.26. The summed E-state index contributed by atoms with van der Waals surface area (Å²) < 4.78 is 35.9. The molecular formula is C44H52Cl2O14. The summed E-state index contributed by atoms with van der Waals surface area (Å²) in [5, 5.41) is 90.0. The van der Waals surface area contributed by atoms with E-state index in [0.717, 1.165) is 11.1 Å². The first-order chi connectivity index (χ1) is 28.7. The van der Waals surface area contributed by atoms with Gasteiger partial charge in [0.25, 0.3) is 0 Å². The topological polar surface area (TPSA) is 217 Å². The minimum Gasteiger partial charge on any atom is -0.494 e. The molecule has 2 unspecified atom stereocenters. The van der Waals surface area contributed by atoms with Crippen LogP contribution in [0.2, 0.25) is 10.0 Å². The standard InChI is InChI=1S/C44H52Cl2O14/c1-4-56-31-12-6-25(7-13-31)18-27-20-29(10-16-33(27)45)43(55-3)40(53)37(50)36(49)35(59-43)22-58-44(41(54)38(51)39(52)42(23-47,24-48)60-44)30-11-17-34(46)28(21-30)19-26-8-14-32(15-9-26)57-5-2/h6-17,20-21,35-41,47-54H,4-5,18-19,22-24H2,1-3H3/t35-,36-,37+,38+,39+,40-,41-,43?,44?/m1/s1. The Bertz CT molecular complexity index is 2030. The van der Waals surface area contributed by atoms with Gasteiger partial charge in [-0.1, -0.05) is 59.6 Å². The molecule has 2 heterocycles. The van der Waals surface area contributed by atoms with Crippen LogP contribution in [0.25, 0.3) is 0 Å². The smallest absolute Gasteiger partial charge is 0.225 e. The summed E-state index contributed by atoms with van der Waals surface area (Å²) in [4.78, 5) is 0. The van der Waals surface area contributed by atoms with Crippen LogP contribution < -0.4 is 9.47 Å². The number of aliphatic hydroxyl groups is 8. The largest absolute Gasteiger partial charge is 0.494 e. The van der Waals surface area contributed by atoms with Crippen LogP contribution in [-0.4, -0.2) is 129 Å². The Labute approximate surface area is 358 Å². The fraction of sp³-hybridized carbons (Fsp3) is 0.455. The summed E-state index contributed by atoms with van der Waals surface area (Å²) >= 11 is 13.3. The van der Waals surface area contributed by atoms with Gasteiger partial charge in [-0.25, -0.2) is 0 Å². The number of ether oxygens (including phenoxy) is 6. The number of hydrogen-bond acceptors (Lipinski definition) is 14. The average molecular weight is 876 g/mol. The Morgan fingerprint density at radius 1 is 0.600 bits per heavy atom. The number of hydrogen-bond donors (Lipinski definition) is 8. The van der Waals surface area contributed by atoms with Crippen molar-refractivity contribution in [1.29, 1.82) is 0 Å². The van der Waals surface area contributed by atoms with E-state index in [-0.39, 0.29) is 17.5 Å². The van der Waals surface area contributed by atoms with E-state index in [2.05, 4.69) is 0 Å². The quantitative estimate of drug-likeness (QED) is 0.0813. The monoisotopic (exact) mass is 874 g/mol. The van der Waals surface area contributed by atoms with E-state index in [4.69, 9.17) is 51.6 Å². The van der Waals surface area contributed by atoms with E-state index in [9.17, 15) is 40.9 Å². The SMILES string of the molecule is CCOc1ccc(Cc2cc(C3(OC[C@H]4OC(OC)(c5ccc(Cl)c(Cc6ccc(OCC)cc6)c5)[C@H](O)[C@@H](O)[C@@H]4O)OC(CO)(CO)[C@@H](O)[C@H](O)[C@H]3O)ccc2Cl)cc1. The molecule has 2 saturated heterocycles. The molecule has 0 aromatic heterocycles. The van der Waals surface area contributed by atoms with Crippen LogP contribution in [-0.2, 0) is 43.4 Å². The van der Waals surface area contributed by atoms with Gasteiger partial charge in [-0.15, -0.1) is 0 Å². The maximum absolute atomic E-state index is 11.8. The van der Waals surface area contributed by atoms with Crippen LogP contribution in [0.15, 0.2) is 84.9 Å². The van der Waals surface area contributed by atoms with Crippen molar-refractivity contribution >= 4 is 23.2 Å². The maximum atomic E-state index is 11.8. The number of aliphatic hydroxyl groups excluding tert-OH is 8. The summed E-state index contributed by atoms with van der Waals surface area (Å²) in [6, 6.07) is 24.0. The molecule has 0 aliphatic carbocycles. The van der Waals surface area contributed by atoms with Crippen molar-refractivity contribution in [1.82, 2.24) is 0 Å². The van der Waals surface area contributed by atoms with Gasteiger partial charge in [-0.3, -0.25) is 0 Å². The van der Waals surface area contributed by atoms with Crippen LogP contribution in [0.4, 0.5) is 0 Å². The first-order valence-electron chi connectivity index (χ1n) is 19.6. The molecule has 0 saturated carbocycles. The van der Waals surface area contributed by atoms with Crippen molar-refractivity contribution in [2.45, 2.75) is 86.6 Å². The van der Waals surface area contributed by atoms with E-state index in [1.54, 1.807) is 36.4 Å². The highest BCUT2D eigenvalue weighted by molar-refractivity contribution is 6.31. The Morgan fingerprint density at radius 3 is 1.52 bits per heavy atom. The number of halogens is 2. The normalized spacial score (nSPS) is 29.0. The zero-order chi connectivity index (χ0) is 43.4. The highest BCUT2D eigenvalue weighted by Gasteiger charge is 2.63. The Balaban J connectivity index is 1.36. The molecule has 326 valence electrons. The summed E-state index contributed by atoms with van der Waals surface area (Å²) in [6.07, 6.45) is -12.6. The number of rotatable bonds is 16. The van der Waals surface area contributed by atoms with Gasteiger partial charge in [0.05, 0.1) is 33.0 Å². The zero-order valence-corrected chi connectivity index (χ0v) is 34.9. The van der Waals surface area contributed by atoms with Gasteiger partial charge in [0.2, 0.25) is 11.6 Å². The zero-order valence-electron chi connectivity index (χ0n) is 33.4. The van der Waals surface area contributed by atoms with E-state index < -0.39 is 79.7 Å². The van der Waals surface area contributed by atoms with Crippen LogP contribution in [0.3, 0.4) is 0 Å². The lowest BCUT2D eigenvalue weighted by Crippen LogP contribution is -2.72. The van der Waals surface area contributed by atoms with Crippen LogP contribution in [0, 0.1) is 0 Å². The molecular weight excluding hydrogens is 823 g/mol. The third-order valence-electron chi connectivity index (χ3n) is 11.2. The lowest BCUT2D eigenvalue weighted by atomic mass is 9.81. The summed E-state index contributed by atoms with van der Waals surface area (Å²) in [7, 11) is 1.25. The first-order valence-corrected chi connectivity index (χ1v) is 20.3. The van der Waals surface area contributed by atoms with Gasteiger partial charge >= 0.3 is 0 Å². The Hall–Kier alpha value is -3.42. The molecule has 6 rings (SSSR count). The fourth-order valence-electron chi connectivity index (χ4n) is 7.75. The van der Waals surface area contributed by atoms with Crippen molar-refractivity contribution < 1.29 is 69.3 Å². The van der Waals surface area contributed by atoms with Crippen molar-refractivity contribution in [3.63, 3.8) is 0 Å². The number of methoxy groups -OCH3 is 1. The van der Waals surface area contributed by atoms with E-state index >= 15 is 0 Å². The second kappa shape index (κ2) is 19.3. The van der Waals surface area contributed by atoms with Gasteiger partial charge in [-0.2, -0.15) is 0 Å². The molecule has 2 aliphatic heterocycles.